The number of nitrogens with one attached hydrogen (secondary N) is 3. The summed E-state index contributed by atoms with van der Waals surface area (Å²) in [6, 6.07) is 8.02. The molecule has 7 heteroatoms. The van der Waals surface area contributed by atoms with Crippen molar-refractivity contribution in [1.82, 2.24) is 16.0 Å². The van der Waals surface area contributed by atoms with Crippen molar-refractivity contribution in [3.63, 3.8) is 0 Å². The summed E-state index contributed by atoms with van der Waals surface area (Å²) in [5, 5.41) is 8.44. The number of hydrogen-bond donors (Lipinski definition) is 3. The molecular weight excluding hydrogens is 394 g/mol. The number of carbonyl (C=O) groups excluding carboxylic acids is 4. The van der Waals surface area contributed by atoms with Gasteiger partial charge in [0.15, 0.2) is 5.78 Å². The largest absolute Gasteiger partial charge is 0.352 e. The van der Waals surface area contributed by atoms with Crippen molar-refractivity contribution in [2.24, 2.45) is 0 Å². The Kier molecular flexibility index (Phi) is 15.5. The van der Waals surface area contributed by atoms with Crippen LogP contribution in [0.4, 0.5) is 4.79 Å². The zero-order valence-corrected chi connectivity index (χ0v) is 19.6. The molecule has 0 aliphatic rings. The fraction of sp³-hybridized carbons (Fsp3) is 0.583. The summed E-state index contributed by atoms with van der Waals surface area (Å²) in [6.45, 7) is 9.44. The summed E-state index contributed by atoms with van der Waals surface area (Å²) in [7, 11) is 0. The third-order valence-corrected chi connectivity index (χ3v) is 4.71. The molecule has 1 aromatic rings. The summed E-state index contributed by atoms with van der Waals surface area (Å²) in [5.41, 5.74) is 0.641. The Hall–Kier alpha value is -2.70. The normalized spacial score (nSPS) is 11.9. The number of ketones is 2. The Labute approximate surface area is 186 Å². The fourth-order valence-corrected chi connectivity index (χ4v) is 2.90. The summed E-state index contributed by atoms with van der Waals surface area (Å²) >= 11 is 0. The average Bonchev–Trinajstić information content (AvgIpc) is 2.77. The van der Waals surface area contributed by atoms with Crippen molar-refractivity contribution in [3.05, 3.63) is 35.9 Å². The molecule has 2 unspecified atom stereocenters. The highest BCUT2D eigenvalue weighted by Gasteiger charge is 2.19. The highest BCUT2D eigenvalue weighted by atomic mass is 16.2. The van der Waals surface area contributed by atoms with Gasteiger partial charge >= 0.3 is 6.03 Å². The Bertz CT molecular complexity index is 677. The Morgan fingerprint density at radius 1 is 0.903 bits per heavy atom. The smallest absolute Gasteiger partial charge is 0.315 e. The maximum atomic E-state index is 12.2. The fourth-order valence-electron chi connectivity index (χ4n) is 2.90. The number of carbonyl (C=O) groups is 4. The molecule has 0 aliphatic heterocycles. The van der Waals surface area contributed by atoms with Gasteiger partial charge in [-0.25, -0.2) is 4.79 Å². The molecule has 0 radical (unpaired) electrons. The van der Waals surface area contributed by atoms with Gasteiger partial charge in [0.25, 0.3) is 5.91 Å². The monoisotopic (exact) mass is 433 g/mol. The molecule has 0 bridgehead atoms. The molecule has 0 aromatic heterocycles. The van der Waals surface area contributed by atoms with Crippen LogP contribution in [0.5, 0.6) is 0 Å². The number of hydrogen-bond acceptors (Lipinski definition) is 4. The second-order valence-electron chi connectivity index (χ2n) is 7.24. The molecule has 1 aromatic carbocycles. The predicted molar refractivity (Wildman–Crippen MR) is 124 cm³/mol. The van der Waals surface area contributed by atoms with Crippen LogP contribution in [-0.4, -0.2) is 42.1 Å². The van der Waals surface area contributed by atoms with Gasteiger partial charge in [-0.3, -0.25) is 9.59 Å². The summed E-state index contributed by atoms with van der Waals surface area (Å²) in [4.78, 5) is 46.9. The molecule has 0 fully saturated rings. The predicted octanol–water partition coefficient (Wildman–Crippen LogP) is 4.02. The first kappa shape index (κ1) is 28.3. The van der Waals surface area contributed by atoms with E-state index in [0.29, 0.717) is 18.5 Å². The average molecular weight is 434 g/mol. The van der Waals surface area contributed by atoms with Crippen LogP contribution in [0, 0.1) is 0 Å². The van der Waals surface area contributed by atoms with E-state index in [2.05, 4.69) is 16.0 Å². The number of benzene rings is 1. The number of unbranched alkanes of at least 4 members (excludes halogenated alkanes) is 1. The van der Waals surface area contributed by atoms with E-state index in [-0.39, 0.29) is 29.9 Å². The molecule has 3 N–H and O–H groups in total. The van der Waals surface area contributed by atoms with Crippen LogP contribution < -0.4 is 16.0 Å². The lowest BCUT2D eigenvalue weighted by Crippen LogP contribution is -2.48. The third kappa shape index (κ3) is 13.3. The van der Waals surface area contributed by atoms with Gasteiger partial charge < -0.3 is 20.7 Å². The summed E-state index contributed by atoms with van der Waals surface area (Å²) in [6.07, 6.45) is 3.79. The molecule has 0 aliphatic carbocycles. The Balaban J connectivity index is 0.00000436. The van der Waals surface area contributed by atoms with Crippen LogP contribution in [0.2, 0.25) is 0 Å². The second kappa shape index (κ2) is 17.0. The molecule has 0 spiro atoms. The van der Waals surface area contributed by atoms with Gasteiger partial charge in [-0.1, -0.05) is 39.0 Å². The third-order valence-electron chi connectivity index (χ3n) is 4.71. The first-order valence-electron chi connectivity index (χ1n) is 11.2. The van der Waals surface area contributed by atoms with Crippen molar-refractivity contribution in [2.75, 3.05) is 6.54 Å². The Morgan fingerprint density at radius 3 is 2.10 bits per heavy atom. The molecule has 174 valence electrons. The van der Waals surface area contributed by atoms with Crippen molar-refractivity contribution < 1.29 is 19.2 Å². The van der Waals surface area contributed by atoms with Crippen molar-refractivity contribution in [1.29, 1.82) is 0 Å². The van der Waals surface area contributed by atoms with E-state index in [0.717, 1.165) is 25.7 Å². The molecular formula is C24H39N3O4. The van der Waals surface area contributed by atoms with Crippen LogP contribution >= 0.6 is 0 Å². The molecule has 1 rings (SSSR count). The van der Waals surface area contributed by atoms with Gasteiger partial charge in [-0.2, -0.15) is 0 Å². The first-order chi connectivity index (χ1) is 14.8. The maximum absolute atomic E-state index is 12.2. The van der Waals surface area contributed by atoms with Gasteiger partial charge in [0, 0.05) is 24.6 Å². The standard InChI is InChI=1S/C22H33N3O4.C2H6/c1-4-19(24-22(29)25-20(17(3)27)14-13-16(2)26)12-8-9-15-23-21(28)18-10-6-5-7-11-18;1-2/h5-7,10-11,19-20H,4,8-9,12-15H2,1-3H3,(H,23,28)(H2,24,25,29);1-2H3. The first-order valence-corrected chi connectivity index (χ1v) is 11.2. The van der Waals surface area contributed by atoms with E-state index < -0.39 is 12.1 Å². The van der Waals surface area contributed by atoms with Crippen LogP contribution in [0.1, 0.15) is 83.5 Å². The number of urea groups is 1. The van der Waals surface area contributed by atoms with Gasteiger partial charge in [0.1, 0.15) is 5.78 Å². The van der Waals surface area contributed by atoms with Crippen molar-refractivity contribution >= 4 is 23.5 Å². The van der Waals surface area contributed by atoms with Crippen LogP contribution in [-0.2, 0) is 9.59 Å². The SMILES string of the molecule is CC.CCC(CCCCNC(=O)c1ccccc1)NC(=O)NC(CCC(C)=O)C(C)=O. The molecule has 7 nitrogen and oxygen atoms in total. The number of Topliss-reactive ketones (excluding diaryl/α,β-unsaturated/α-hetero) is 2. The van der Waals surface area contributed by atoms with E-state index in [4.69, 9.17) is 0 Å². The zero-order valence-electron chi connectivity index (χ0n) is 19.6. The van der Waals surface area contributed by atoms with Crippen molar-refractivity contribution in [2.45, 2.75) is 85.2 Å². The molecule has 3 amide bonds. The zero-order chi connectivity index (χ0) is 23.6. The summed E-state index contributed by atoms with van der Waals surface area (Å²) < 4.78 is 0. The summed E-state index contributed by atoms with van der Waals surface area (Å²) in [5.74, 6) is -0.260. The van der Waals surface area contributed by atoms with Crippen LogP contribution in [0.3, 0.4) is 0 Å². The van der Waals surface area contributed by atoms with Gasteiger partial charge in [0.2, 0.25) is 0 Å². The molecule has 0 saturated heterocycles. The molecule has 0 heterocycles. The van der Waals surface area contributed by atoms with E-state index >= 15 is 0 Å². The topological polar surface area (TPSA) is 104 Å². The lowest BCUT2D eigenvalue weighted by atomic mass is 10.1. The van der Waals surface area contributed by atoms with Crippen LogP contribution in [0.15, 0.2) is 30.3 Å². The van der Waals surface area contributed by atoms with Gasteiger partial charge in [-0.05, 0) is 58.1 Å². The van der Waals surface area contributed by atoms with E-state index in [1.54, 1.807) is 12.1 Å². The second-order valence-corrected chi connectivity index (χ2v) is 7.24. The van der Waals surface area contributed by atoms with E-state index in [9.17, 15) is 19.2 Å². The van der Waals surface area contributed by atoms with E-state index in [1.807, 2.05) is 39.0 Å². The highest BCUT2D eigenvalue weighted by Crippen LogP contribution is 2.06. The maximum Gasteiger partial charge on any atom is 0.315 e. The number of rotatable bonds is 13. The molecule has 2 atom stereocenters. The van der Waals surface area contributed by atoms with E-state index in [1.165, 1.54) is 13.8 Å². The lowest BCUT2D eigenvalue weighted by Gasteiger charge is -2.20. The highest BCUT2D eigenvalue weighted by molar-refractivity contribution is 5.94. The molecule has 0 saturated carbocycles. The van der Waals surface area contributed by atoms with Gasteiger partial charge in [-0.15, -0.1) is 0 Å². The lowest BCUT2D eigenvalue weighted by molar-refractivity contribution is -0.119. The van der Waals surface area contributed by atoms with Crippen LogP contribution in [0.25, 0.3) is 0 Å². The minimum atomic E-state index is -0.649. The van der Waals surface area contributed by atoms with Crippen molar-refractivity contribution in [3.8, 4) is 0 Å². The Morgan fingerprint density at radius 2 is 1.55 bits per heavy atom. The minimum absolute atomic E-state index is 0.00996. The quantitative estimate of drug-likeness (QED) is 0.409. The minimum Gasteiger partial charge on any atom is -0.352 e. The molecule has 31 heavy (non-hydrogen) atoms. The number of amides is 3. The van der Waals surface area contributed by atoms with Gasteiger partial charge in [0.05, 0.1) is 6.04 Å².